The van der Waals surface area contributed by atoms with Crippen molar-refractivity contribution in [3.8, 4) is 0 Å². The summed E-state index contributed by atoms with van der Waals surface area (Å²) in [6.07, 6.45) is 12.0. The van der Waals surface area contributed by atoms with E-state index in [1.807, 2.05) is 0 Å². The molecule has 16 heavy (non-hydrogen) atoms. The molecule has 0 fully saturated rings. The van der Waals surface area contributed by atoms with E-state index in [1.165, 1.54) is 12.8 Å². The SMILES string of the molecule is O=C1CCCC2=C1[C@@H]1CCCC/C=C\[C@@H]1O2. The van der Waals surface area contributed by atoms with Gasteiger partial charge in [0, 0.05) is 24.3 Å². The van der Waals surface area contributed by atoms with Crippen LogP contribution in [0, 0.1) is 5.92 Å². The summed E-state index contributed by atoms with van der Waals surface area (Å²) < 4.78 is 5.95. The first kappa shape index (κ1) is 10.1. The highest BCUT2D eigenvalue weighted by Crippen LogP contribution is 2.41. The molecule has 3 rings (SSSR count). The van der Waals surface area contributed by atoms with E-state index < -0.39 is 0 Å². The molecular formula is C14H18O2. The van der Waals surface area contributed by atoms with Crippen LogP contribution in [0.1, 0.15) is 44.9 Å². The number of carbonyl (C=O) groups is 1. The molecule has 0 aromatic carbocycles. The van der Waals surface area contributed by atoms with Gasteiger partial charge in [-0.05, 0) is 31.8 Å². The minimum absolute atomic E-state index is 0.160. The molecule has 0 N–H and O–H groups in total. The summed E-state index contributed by atoms with van der Waals surface area (Å²) in [5.74, 6) is 1.72. The zero-order valence-corrected chi connectivity index (χ0v) is 9.58. The fourth-order valence-electron chi connectivity index (χ4n) is 3.12. The number of hydrogen-bond acceptors (Lipinski definition) is 2. The van der Waals surface area contributed by atoms with E-state index in [0.717, 1.165) is 43.4 Å². The van der Waals surface area contributed by atoms with E-state index in [2.05, 4.69) is 12.2 Å². The van der Waals surface area contributed by atoms with Gasteiger partial charge in [0.25, 0.3) is 0 Å². The molecule has 0 amide bonds. The number of allylic oxidation sites excluding steroid dienone is 2. The molecule has 2 nitrogen and oxygen atoms in total. The topological polar surface area (TPSA) is 26.3 Å². The van der Waals surface area contributed by atoms with Crippen LogP contribution in [0.2, 0.25) is 0 Å². The Hall–Kier alpha value is -1.05. The van der Waals surface area contributed by atoms with Crippen molar-refractivity contribution >= 4 is 5.78 Å². The molecule has 2 aliphatic carbocycles. The molecule has 1 aliphatic heterocycles. The lowest BCUT2D eigenvalue weighted by Gasteiger charge is -2.19. The Morgan fingerprint density at radius 2 is 2.12 bits per heavy atom. The fourth-order valence-corrected chi connectivity index (χ4v) is 3.12. The quantitative estimate of drug-likeness (QED) is 0.584. The third-order valence-electron chi connectivity index (χ3n) is 3.92. The predicted octanol–water partition coefficient (Wildman–Crippen LogP) is 3.14. The highest BCUT2D eigenvalue weighted by Gasteiger charge is 2.39. The smallest absolute Gasteiger partial charge is 0.162 e. The van der Waals surface area contributed by atoms with Crippen LogP contribution in [0.4, 0.5) is 0 Å². The van der Waals surface area contributed by atoms with Gasteiger partial charge in [-0.1, -0.05) is 12.5 Å². The van der Waals surface area contributed by atoms with E-state index in [1.54, 1.807) is 0 Å². The van der Waals surface area contributed by atoms with E-state index in [-0.39, 0.29) is 6.10 Å². The molecule has 0 spiro atoms. The van der Waals surface area contributed by atoms with Crippen molar-refractivity contribution in [2.45, 2.75) is 51.0 Å². The van der Waals surface area contributed by atoms with Gasteiger partial charge < -0.3 is 4.74 Å². The molecule has 0 aromatic heterocycles. The maximum absolute atomic E-state index is 12.0. The van der Waals surface area contributed by atoms with Gasteiger partial charge in [0.2, 0.25) is 0 Å². The summed E-state index contributed by atoms with van der Waals surface area (Å²) in [4.78, 5) is 12.0. The minimum atomic E-state index is 0.160. The van der Waals surface area contributed by atoms with Gasteiger partial charge in [-0.15, -0.1) is 0 Å². The van der Waals surface area contributed by atoms with E-state index in [0.29, 0.717) is 11.7 Å². The van der Waals surface area contributed by atoms with Crippen molar-refractivity contribution in [1.82, 2.24) is 0 Å². The lowest BCUT2D eigenvalue weighted by Crippen LogP contribution is -2.21. The molecular weight excluding hydrogens is 200 g/mol. The molecule has 0 unspecified atom stereocenters. The van der Waals surface area contributed by atoms with Crippen LogP contribution < -0.4 is 0 Å². The van der Waals surface area contributed by atoms with Crippen molar-refractivity contribution in [2.24, 2.45) is 5.92 Å². The summed E-state index contributed by atoms with van der Waals surface area (Å²) >= 11 is 0. The molecule has 2 heteroatoms. The van der Waals surface area contributed by atoms with Gasteiger partial charge in [-0.25, -0.2) is 0 Å². The largest absolute Gasteiger partial charge is 0.490 e. The zero-order valence-electron chi connectivity index (χ0n) is 9.58. The predicted molar refractivity (Wildman–Crippen MR) is 61.9 cm³/mol. The van der Waals surface area contributed by atoms with Crippen LogP contribution in [-0.2, 0) is 9.53 Å². The summed E-state index contributed by atoms with van der Waals surface area (Å²) in [5.41, 5.74) is 1.04. The molecule has 0 saturated carbocycles. The summed E-state index contributed by atoms with van der Waals surface area (Å²) in [7, 11) is 0. The number of Topliss-reactive ketones (excluding diaryl/α,β-unsaturated/α-hetero) is 1. The molecule has 0 aromatic rings. The van der Waals surface area contributed by atoms with Crippen molar-refractivity contribution in [2.75, 3.05) is 0 Å². The second-order valence-corrected chi connectivity index (χ2v) is 5.02. The lowest BCUT2D eigenvalue weighted by atomic mass is 9.82. The second-order valence-electron chi connectivity index (χ2n) is 5.02. The van der Waals surface area contributed by atoms with Crippen molar-refractivity contribution < 1.29 is 9.53 Å². The number of ether oxygens (including phenoxy) is 1. The Bertz CT molecular complexity index is 365. The maximum Gasteiger partial charge on any atom is 0.162 e. The highest BCUT2D eigenvalue weighted by molar-refractivity contribution is 5.97. The number of ketones is 1. The molecule has 0 radical (unpaired) electrons. The number of fused-ring (bicyclic) bond motifs is 2. The van der Waals surface area contributed by atoms with Crippen molar-refractivity contribution in [3.63, 3.8) is 0 Å². The first-order valence-corrected chi connectivity index (χ1v) is 6.46. The zero-order chi connectivity index (χ0) is 11.0. The van der Waals surface area contributed by atoms with Crippen molar-refractivity contribution in [3.05, 3.63) is 23.5 Å². The monoisotopic (exact) mass is 218 g/mol. The van der Waals surface area contributed by atoms with Crippen LogP contribution >= 0.6 is 0 Å². The molecule has 2 atom stereocenters. The second kappa shape index (κ2) is 4.08. The fraction of sp³-hybridized carbons (Fsp3) is 0.643. The Balaban J connectivity index is 1.91. The van der Waals surface area contributed by atoms with Gasteiger partial charge in [-0.3, -0.25) is 4.79 Å². The molecule has 0 saturated heterocycles. The van der Waals surface area contributed by atoms with E-state index in [4.69, 9.17) is 4.74 Å². The van der Waals surface area contributed by atoms with E-state index in [9.17, 15) is 4.79 Å². The summed E-state index contributed by atoms with van der Waals surface area (Å²) in [6.45, 7) is 0. The van der Waals surface area contributed by atoms with Gasteiger partial charge in [0.15, 0.2) is 5.78 Å². The van der Waals surface area contributed by atoms with E-state index >= 15 is 0 Å². The Kier molecular flexibility index (Phi) is 2.58. The number of carbonyl (C=O) groups excluding carboxylic acids is 1. The summed E-state index contributed by atoms with van der Waals surface area (Å²) in [5, 5.41) is 0. The number of rotatable bonds is 0. The first-order chi connectivity index (χ1) is 7.86. The van der Waals surface area contributed by atoms with Gasteiger partial charge in [-0.2, -0.15) is 0 Å². The van der Waals surface area contributed by atoms with Gasteiger partial charge in [0.05, 0.1) is 0 Å². The van der Waals surface area contributed by atoms with Crippen LogP contribution in [0.3, 0.4) is 0 Å². The van der Waals surface area contributed by atoms with Crippen LogP contribution in [0.25, 0.3) is 0 Å². The minimum Gasteiger partial charge on any atom is -0.490 e. The molecule has 3 aliphatic rings. The average molecular weight is 218 g/mol. The Morgan fingerprint density at radius 3 is 3.06 bits per heavy atom. The lowest BCUT2D eigenvalue weighted by molar-refractivity contribution is -0.116. The normalized spacial score (nSPS) is 35.9. The average Bonchev–Trinajstić information content (AvgIpc) is 2.57. The third kappa shape index (κ3) is 1.60. The Labute approximate surface area is 96.4 Å². The van der Waals surface area contributed by atoms with Crippen LogP contribution in [0.5, 0.6) is 0 Å². The third-order valence-corrected chi connectivity index (χ3v) is 3.92. The molecule has 1 heterocycles. The standard InChI is InChI=1S/C14H18O2/c15-11-7-5-9-13-14(11)10-6-3-1-2-4-8-12(10)16-13/h4,8,10,12H,1-3,5-7,9H2/b8-4-/t10-,12+/m1/s1. The number of hydrogen-bond donors (Lipinski definition) is 0. The van der Waals surface area contributed by atoms with Crippen LogP contribution in [-0.4, -0.2) is 11.9 Å². The first-order valence-electron chi connectivity index (χ1n) is 6.46. The van der Waals surface area contributed by atoms with Gasteiger partial charge in [0.1, 0.15) is 11.9 Å². The van der Waals surface area contributed by atoms with Gasteiger partial charge >= 0.3 is 0 Å². The summed E-state index contributed by atoms with van der Waals surface area (Å²) in [6, 6.07) is 0. The molecule has 86 valence electrons. The molecule has 0 bridgehead atoms. The Morgan fingerprint density at radius 1 is 1.19 bits per heavy atom. The highest BCUT2D eigenvalue weighted by atomic mass is 16.5. The van der Waals surface area contributed by atoms with Crippen molar-refractivity contribution in [1.29, 1.82) is 0 Å². The van der Waals surface area contributed by atoms with Crippen LogP contribution in [0.15, 0.2) is 23.5 Å². The maximum atomic E-state index is 12.0.